The lowest BCUT2D eigenvalue weighted by Gasteiger charge is -2.26. The van der Waals surface area contributed by atoms with E-state index in [1.165, 1.54) is 18.2 Å². The number of para-hydroxylation sites is 1. The Labute approximate surface area is 170 Å². The van der Waals surface area contributed by atoms with Gasteiger partial charge in [0.15, 0.2) is 0 Å². The van der Waals surface area contributed by atoms with Crippen LogP contribution in [0.4, 0.5) is 10.5 Å². The number of aromatic carboxylic acids is 1. The van der Waals surface area contributed by atoms with E-state index in [0.29, 0.717) is 17.1 Å². The molecule has 148 valence electrons. The number of anilines is 1. The SMILES string of the molecule is O=C1NC(=O)N(c2ccccc2)C(=O)/C1=C/c1cccn1-c1cccc(C(=O)O)c1. The summed E-state index contributed by atoms with van der Waals surface area (Å²) in [6.07, 6.45) is 3.05. The first-order valence-corrected chi connectivity index (χ1v) is 8.93. The van der Waals surface area contributed by atoms with Gasteiger partial charge in [-0.2, -0.15) is 0 Å². The van der Waals surface area contributed by atoms with Crippen molar-refractivity contribution >= 4 is 35.6 Å². The molecule has 0 atom stereocenters. The van der Waals surface area contributed by atoms with Gasteiger partial charge in [-0.1, -0.05) is 24.3 Å². The van der Waals surface area contributed by atoms with Crippen LogP contribution in [-0.4, -0.2) is 33.5 Å². The number of carboxylic acids is 1. The standard InChI is InChI=1S/C22H15N3O5/c26-19-18(20(27)25(22(30)23-19)15-7-2-1-3-8-15)13-17-10-5-11-24(17)16-9-4-6-14(12-16)21(28)29/h1-13H,(H,28,29)(H,23,26,30)/b18-13+. The van der Waals surface area contributed by atoms with Crippen molar-refractivity contribution in [3.05, 3.63) is 89.8 Å². The van der Waals surface area contributed by atoms with Gasteiger partial charge in [-0.25, -0.2) is 14.5 Å². The molecule has 0 bridgehead atoms. The van der Waals surface area contributed by atoms with Crippen molar-refractivity contribution in [2.24, 2.45) is 0 Å². The zero-order valence-electron chi connectivity index (χ0n) is 15.5. The minimum atomic E-state index is -1.07. The number of amides is 4. The number of carbonyl (C=O) groups is 4. The number of carboxylic acid groups (broad SMARTS) is 1. The maximum atomic E-state index is 13.0. The second-order valence-electron chi connectivity index (χ2n) is 6.45. The van der Waals surface area contributed by atoms with Crippen LogP contribution in [0.1, 0.15) is 16.1 Å². The van der Waals surface area contributed by atoms with Gasteiger partial charge >= 0.3 is 12.0 Å². The van der Waals surface area contributed by atoms with Crippen molar-refractivity contribution in [1.29, 1.82) is 0 Å². The molecule has 4 amide bonds. The van der Waals surface area contributed by atoms with Crippen LogP contribution in [0.15, 0.2) is 78.5 Å². The predicted octanol–water partition coefficient (Wildman–Crippen LogP) is 2.84. The van der Waals surface area contributed by atoms with Gasteiger partial charge < -0.3 is 9.67 Å². The molecule has 2 N–H and O–H groups in total. The van der Waals surface area contributed by atoms with Crippen LogP contribution in [0.5, 0.6) is 0 Å². The molecular weight excluding hydrogens is 386 g/mol. The van der Waals surface area contributed by atoms with Crippen LogP contribution in [0, 0.1) is 0 Å². The lowest BCUT2D eigenvalue weighted by molar-refractivity contribution is -0.122. The molecule has 8 heteroatoms. The third-order valence-corrected chi connectivity index (χ3v) is 4.56. The van der Waals surface area contributed by atoms with Crippen LogP contribution in [-0.2, 0) is 9.59 Å². The van der Waals surface area contributed by atoms with Crippen LogP contribution < -0.4 is 10.2 Å². The molecular formula is C22H15N3O5. The minimum Gasteiger partial charge on any atom is -0.478 e. The van der Waals surface area contributed by atoms with Crippen molar-refractivity contribution < 1.29 is 24.3 Å². The van der Waals surface area contributed by atoms with Gasteiger partial charge in [0, 0.05) is 17.6 Å². The van der Waals surface area contributed by atoms with Crippen LogP contribution in [0.3, 0.4) is 0 Å². The van der Waals surface area contributed by atoms with Crippen molar-refractivity contribution in [3.63, 3.8) is 0 Å². The summed E-state index contributed by atoms with van der Waals surface area (Å²) in [6, 6.07) is 17.1. The highest BCUT2D eigenvalue weighted by Gasteiger charge is 2.36. The average molecular weight is 401 g/mol. The van der Waals surface area contributed by atoms with Gasteiger partial charge in [0.1, 0.15) is 5.57 Å². The van der Waals surface area contributed by atoms with E-state index in [1.54, 1.807) is 65.4 Å². The van der Waals surface area contributed by atoms with Gasteiger partial charge in [0.25, 0.3) is 11.8 Å². The highest BCUT2D eigenvalue weighted by Crippen LogP contribution is 2.23. The van der Waals surface area contributed by atoms with Crippen LogP contribution in [0.2, 0.25) is 0 Å². The van der Waals surface area contributed by atoms with Crippen LogP contribution >= 0.6 is 0 Å². The summed E-state index contributed by atoms with van der Waals surface area (Å²) in [5.41, 5.74) is 1.24. The van der Waals surface area contributed by atoms with Crippen molar-refractivity contribution in [2.75, 3.05) is 4.90 Å². The van der Waals surface area contributed by atoms with E-state index in [0.717, 1.165) is 4.90 Å². The molecule has 1 aliphatic rings. The number of carbonyl (C=O) groups excluding carboxylic acids is 3. The second kappa shape index (κ2) is 7.51. The molecule has 30 heavy (non-hydrogen) atoms. The molecule has 1 aromatic heterocycles. The number of aromatic nitrogens is 1. The molecule has 3 aromatic rings. The third kappa shape index (κ3) is 3.37. The second-order valence-corrected chi connectivity index (χ2v) is 6.45. The van der Waals surface area contributed by atoms with Gasteiger partial charge in [-0.15, -0.1) is 0 Å². The fraction of sp³-hybridized carbons (Fsp3) is 0. The fourth-order valence-corrected chi connectivity index (χ4v) is 3.15. The zero-order chi connectivity index (χ0) is 21.3. The molecule has 0 radical (unpaired) electrons. The Hall–Kier alpha value is -4.46. The maximum absolute atomic E-state index is 13.0. The van der Waals surface area contributed by atoms with Crippen molar-refractivity contribution in [3.8, 4) is 5.69 Å². The zero-order valence-corrected chi connectivity index (χ0v) is 15.5. The molecule has 4 rings (SSSR count). The summed E-state index contributed by atoms with van der Waals surface area (Å²) in [6.45, 7) is 0. The number of hydrogen-bond donors (Lipinski definition) is 2. The molecule has 0 saturated carbocycles. The Morgan fingerprint density at radius 1 is 0.900 bits per heavy atom. The number of benzene rings is 2. The summed E-state index contributed by atoms with van der Waals surface area (Å²) in [5.74, 6) is -2.62. The minimum absolute atomic E-state index is 0.104. The third-order valence-electron chi connectivity index (χ3n) is 4.56. The van der Waals surface area contributed by atoms with Gasteiger partial charge in [-0.05, 0) is 48.5 Å². The molecule has 1 saturated heterocycles. The molecule has 0 spiro atoms. The molecule has 2 heterocycles. The Kier molecular flexibility index (Phi) is 4.73. The number of nitrogens with zero attached hydrogens (tertiary/aromatic N) is 2. The first kappa shape index (κ1) is 18.9. The molecule has 1 fully saturated rings. The lowest BCUT2D eigenvalue weighted by atomic mass is 10.1. The number of barbiturate groups is 1. The monoisotopic (exact) mass is 401 g/mol. The Morgan fingerprint density at radius 2 is 1.63 bits per heavy atom. The van der Waals surface area contributed by atoms with Gasteiger partial charge in [0.2, 0.25) is 0 Å². The van der Waals surface area contributed by atoms with E-state index >= 15 is 0 Å². The number of nitrogens with one attached hydrogen (secondary N) is 1. The Bertz CT molecular complexity index is 1210. The normalized spacial score (nSPS) is 15.4. The number of urea groups is 1. The molecule has 0 unspecified atom stereocenters. The summed E-state index contributed by atoms with van der Waals surface area (Å²) in [4.78, 5) is 49.7. The smallest absolute Gasteiger partial charge is 0.335 e. The van der Waals surface area contributed by atoms with Crippen molar-refractivity contribution in [1.82, 2.24) is 9.88 Å². The summed E-state index contributed by atoms with van der Waals surface area (Å²) in [5, 5.41) is 11.4. The van der Waals surface area contributed by atoms with E-state index in [-0.39, 0.29) is 11.1 Å². The molecule has 1 aliphatic heterocycles. The topological polar surface area (TPSA) is 109 Å². The molecule has 2 aromatic carbocycles. The summed E-state index contributed by atoms with van der Waals surface area (Å²) < 4.78 is 1.64. The quantitative estimate of drug-likeness (QED) is 0.516. The maximum Gasteiger partial charge on any atom is 0.335 e. The highest BCUT2D eigenvalue weighted by atomic mass is 16.4. The van der Waals surface area contributed by atoms with E-state index < -0.39 is 23.8 Å². The van der Waals surface area contributed by atoms with Crippen molar-refractivity contribution in [2.45, 2.75) is 0 Å². The highest BCUT2D eigenvalue weighted by molar-refractivity contribution is 6.39. The van der Waals surface area contributed by atoms with E-state index in [9.17, 15) is 24.3 Å². The predicted molar refractivity (Wildman–Crippen MR) is 108 cm³/mol. The molecule has 8 nitrogen and oxygen atoms in total. The van der Waals surface area contributed by atoms with E-state index in [1.807, 2.05) is 0 Å². The number of imide groups is 2. The average Bonchev–Trinajstić information content (AvgIpc) is 3.20. The van der Waals surface area contributed by atoms with E-state index in [2.05, 4.69) is 5.32 Å². The van der Waals surface area contributed by atoms with Gasteiger partial charge in [0.05, 0.1) is 11.3 Å². The van der Waals surface area contributed by atoms with E-state index in [4.69, 9.17) is 0 Å². The summed E-state index contributed by atoms with van der Waals surface area (Å²) >= 11 is 0. The van der Waals surface area contributed by atoms with Gasteiger partial charge in [-0.3, -0.25) is 14.9 Å². The Morgan fingerprint density at radius 3 is 2.37 bits per heavy atom. The summed E-state index contributed by atoms with van der Waals surface area (Å²) in [7, 11) is 0. The number of hydrogen-bond acceptors (Lipinski definition) is 4. The fourth-order valence-electron chi connectivity index (χ4n) is 3.15. The lowest BCUT2D eigenvalue weighted by Crippen LogP contribution is -2.54. The Balaban J connectivity index is 1.75. The first-order valence-electron chi connectivity index (χ1n) is 8.93. The van der Waals surface area contributed by atoms with Crippen LogP contribution in [0.25, 0.3) is 11.8 Å². The molecule has 0 aliphatic carbocycles. The largest absolute Gasteiger partial charge is 0.478 e. The number of rotatable bonds is 4. The first-order chi connectivity index (χ1) is 14.5.